The van der Waals surface area contributed by atoms with Gasteiger partial charge >= 0.3 is 0 Å². The molecule has 1 aliphatic heterocycles. The van der Waals surface area contributed by atoms with E-state index in [1.54, 1.807) is 0 Å². The second-order valence-corrected chi connectivity index (χ2v) is 4.30. The Hall–Kier alpha value is -1.06. The van der Waals surface area contributed by atoms with E-state index < -0.39 is 0 Å². The SMILES string of the molecule is O=C(CCNC1=NCCCC1)NC1CC1. The average molecular weight is 209 g/mol. The monoisotopic (exact) mass is 209 g/mol. The molecule has 0 unspecified atom stereocenters. The Balaban J connectivity index is 1.56. The molecule has 0 saturated heterocycles. The first-order valence-corrected chi connectivity index (χ1v) is 5.91. The van der Waals surface area contributed by atoms with Crippen LogP contribution in [0.5, 0.6) is 0 Å². The highest BCUT2D eigenvalue weighted by Gasteiger charge is 2.22. The predicted octanol–water partition coefficient (Wildman–Crippen LogP) is 0.827. The van der Waals surface area contributed by atoms with Crippen molar-refractivity contribution in [1.29, 1.82) is 0 Å². The van der Waals surface area contributed by atoms with Crippen LogP contribution in [0.1, 0.15) is 38.5 Å². The van der Waals surface area contributed by atoms with Crippen LogP contribution in [0.4, 0.5) is 0 Å². The van der Waals surface area contributed by atoms with Gasteiger partial charge in [0, 0.05) is 32.0 Å². The maximum absolute atomic E-state index is 11.3. The molecule has 1 saturated carbocycles. The molecular formula is C11H19N3O. The van der Waals surface area contributed by atoms with E-state index in [2.05, 4.69) is 15.6 Å². The summed E-state index contributed by atoms with van der Waals surface area (Å²) in [6, 6.07) is 0.476. The summed E-state index contributed by atoms with van der Waals surface area (Å²) in [4.78, 5) is 15.7. The number of carbonyl (C=O) groups is 1. The van der Waals surface area contributed by atoms with E-state index in [9.17, 15) is 4.79 Å². The fraction of sp³-hybridized carbons (Fsp3) is 0.818. The van der Waals surface area contributed by atoms with Crippen LogP contribution in [0.15, 0.2) is 4.99 Å². The third kappa shape index (κ3) is 3.90. The zero-order valence-electron chi connectivity index (χ0n) is 9.09. The zero-order chi connectivity index (χ0) is 10.5. The number of amidine groups is 1. The molecule has 0 bridgehead atoms. The molecular weight excluding hydrogens is 190 g/mol. The highest BCUT2D eigenvalue weighted by Crippen LogP contribution is 2.18. The number of carbonyl (C=O) groups excluding carboxylic acids is 1. The van der Waals surface area contributed by atoms with Gasteiger partial charge in [0.05, 0.1) is 5.84 Å². The Labute approximate surface area is 90.5 Å². The van der Waals surface area contributed by atoms with E-state index in [0.29, 0.717) is 12.5 Å². The first-order valence-electron chi connectivity index (χ1n) is 5.91. The van der Waals surface area contributed by atoms with Crippen LogP contribution in [0, 0.1) is 0 Å². The van der Waals surface area contributed by atoms with Gasteiger partial charge in [-0.05, 0) is 25.7 Å². The van der Waals surface area contributed by atoms with E-state index in [1.165, 1.54) is 12.8 Å². The van der Waals surface area contributed by atoms with Gasteiger partial charge in [-0.15, -0.1) is 0 Å². The van der Waals surface area contributed by atoms with Crippen molar-refractivity contribution in [2.75, 3.05) is 13.1 Å². The van der Waals surface area contributed by atoms with Gasteiger partial charge < -0.3 is 10.6 Å². The number of hydrogen-bond donors (Lipinski definition) is 2. The van der Waals surface area contributed by atoms with E-state index >= 15 is 0 Å². The Bertz CT molecular complexity index is 259. The Morgan fingerprint density at radius 2 is 2.27 bits per heavy atom. The summed E-state index contributed by atoms with van der Waals surface area (Å²) in [5.41, 5.74) is 0. The highest BCUT2D eigenvalue weighted by atomic mass is 16.1. The third-order valence-corrected chi connectivity index (χ3v) is 2.75. The first-order chi connectivity index (χ1) is 7.34. The molecule has 1 amide bonds. The molecule has 1 fully saturated rings. The second kappa shape index (κ2) is 5.14. The molecule has 4 nitrogen and oxygen atoms in total. The molecule has 1 heterocycles. The van der Waals surface area contributed by atoms with Crippen molar-refractivity contribution in [3.8, 4) is 0 Å². The summed E-state index contributed by atoms with van der Waals surface area (Å²) < 4.78 is 0. The molecule has 2 aliphatic rings. The number of hydrogen-bond acceptors (Lipinski definition) is 3. The number of rotatable bonds is 4. The molecule has 0 spiro atoms. The van der Waals surface area contributed by atoms with Gasteiger partial charge in [0.1, 0.15) is 0 Å². The van der Waals surface area contributed by atoms with E-state index in [0.717, 1.165) is 38.2 Å². The first kappa shape index (κ1) is 10.5. The quantitative estimate of drug-likeness (QED) is 0.720. The molecule has 0 aromatic heterocycles. The van der Waals surface area contributed by atoms with Gasteiger partial charge in [0.15, 0.2) is 0 Å². The Morgan fingerprint density at radius 3 is 2.93 bits per heavy atom. The Kier molecular flexibility index (Phi) is 3.59. The lowest BCUT2D eigenvalue weighted by molar-refractivity contribution is -0.121. The molecule has 4 heteroatoms. The van der Waals surface area contributed by atoms with Gasteiger partial charge in [-0.1, -0.05) is 0 Å². The molecule has 84 valence electrons. The fourth-order valence-corrected chi connectivity index (χ4v) is 1.69. The number of aliphatic imine (C=N–C) groups is 1. The summed E-state index contributed by atoms with van der Waals surface area (Å²) in [6.07, 6.45) is 6.35. The normalized spacial score (nSPS) is 20.7. The van der Waals surface area contributed by atoms with Crippen molar-refractivity contribution in [3.05, 3.63) is 0 Å². The molecule has 2 N–H and O–H groups in total. The Morgan fingerprint density at radius 1 is 1.40 bits per heavy atom. The minimum absolute atomic E-state index is 0.168. The van der Waals surface area contributed by atoms with Crippen LogP contribution in [0.2, 0.25) is 0 Å². The molecule has 0 aromatic rings. The summed E-state index contributed by atoms with van der Waals surface area (Å²) in [5, 5.41) is 6.21. The summed E-state index contributed by atoms with van der Waals surface area (Å²) in [7, 11) is 0. The van der Waals surface area contributed by atoms with Crippen LogP contribution >= 0.6 is 0 Å². The zero-order valence-corrected chi connectivity index (χ0v) is 9.09. The van der Waals surface area contributed by atoms with E-state index in [-0.39, 0.29) is 5.91 Å². The van der Waals surface area contributed by atoms with Crippen molar-refractivity contribution in [2.24, 2.45) is 4.99 Å². The summed E-state index contributed by atoms with van der Waals surface area (Å²) in [5.74, 6) is 1.25. The van der Waals surface area contributed by atoms with Gasteiger partial charge in [-0.3, -0.25) is 9.79 Å². The molecule has 0 aromatic carbocycles. The van der Waals surface area contributed by atoms with Crippen LogP contribution in [-0.4, -0.2) is 30.9 Å². The molecule has 0 radical (unpaired) electrons. The van der Waals surface area contributed by atoms with Gasteiger partial charge in [-0.25, -0.2) is 0 Å². The predicted molar refractivity (Wildman–Crippen MR) is 59.9 cm³/mol. The lowest BCUT2D eigenvalue weighted by atomic mass is 10.2. The summed E-state index contributed by atoms with van der Waals surface area (Å²) >= 11 is 0. The van der Waals surface area contributed by atoms with Crippen molar-refractivity contribution in [2.45, 2.75) is 44.6 Å². The largest absolute Gasteiger partial charge is 0.373 e. The maximum atomic E-state index is 11.3. The van der Waals surface area contributed by atoms with E-state index in [4.69, 9.17) is 0 Å². The van der Waals surface area contributed by atoms with Crippen molar-refractivity contribution in [1.82, 2.24) is 10.6 Å². The minimum Gasteiger partial charge on any atom is -0.373 e. The number of nitrogens with zero attached hydrogens (tertiary/aromatic N) is 1. The lowest BCUT2D eigenvalue weighted by Gasteiger charge is -2.13. The molecule has 2 rings (SSSR count). The van der Waals surface area contributed by atoms with Crippen LogP contribution in [0.25, 0.3) is 0 Å². The summed E-state index contributed by atoms with van der Waals surface area (Å²) in [6.45, 7) is 1.66. The van der Waals surface area contributed by atoms with Crippen molar-refractivity contribution in [3.63, 3.8) is 0 Å². The average Bonchev–Trinajstić information content (AvgIpc) is 3.03. The topological polar surface area (TPSA) is 53.5 Å². The fourth-order valence-electron chi connectivity index (χ4n) is 1.69. The van der Waals surface area contributed by atoms with E-state index in [1.807, 2.05) is 0 Å². The van der Waals surface area contributed by atoms with Gasteiger partial charge in [0.25, 0.3) is 0 Å². The van der Waals surface area contributed by atoms with Crippen molar-refractivity contribution >= 4 is 11.7 Å². The van der Waals surface area contributed by atoms with Crippen LogP contribution in [-0.2, 0) is 4.79 Å². The minimum atomic E-state index is 0.168. The maximum Gasteiger partial charge on any atom is 0.221 e. The number of nitrogens with one attached hydrogen (secondary N) is 2. The molecule has 1 aliphatic carbocycles. The van der Waals surface area contributed by atoms with Gasteiger partial charge in [0.2, 0.25) is 5.91 Å². The highest BCUT2D eigenvalue weighted by molar-refractivity contribution is 5.83. The number of amides is 1. The van der Waals surface area contributed by atoms with Crippen LogP contribution < -0.4 is 10.6 Å². The van der Waals surface area contributed by atoms with Gasteiger partial charge in [-0.2, -0.15) is 0 Å². The van der Waals surface area contributed by atoms with Crippen molar-refractivity contribution < 1.29 is 4.79 Å². The molecule has 0 atom stereocenters. The standard InChI is InChI=1S/C11H19N3O/c15-11(14-9-4-5-9)6-8-13-10-3-1-2-7-12-10/h9H,1-8H2,(H,12,13)(H,14,15). The lowest BCUT2D eigenvalue weighted by Crippen LogP contribution is -2.32. The van der Waals surface area contributed by atoms with Crippen LogP contribution in [0.3, 0.4) is 0 Å². The second-order valence-electron chi connectivity index (χ2n) is 4.30. The third-order valence-electron chi connectivity index (χ3n) is 2.75. The smallest absolute Gasteiger partial charge is 0.221 e. The molecule has 15 heavy (non-hydrogen) atoms.